The zero-order valence-corrected chi connectivity index (χ0v) is 27.7. The van der Waals surface area contributed by atoms with Gasteiger partial charge in [0.2, 0.25) is 0 Å². The van der Waals surface area contributed by atoms with E-state index in [2.05, 4.69) is 22.6 Å². The SMILES string of the molecule is CCOc1cc(C=C2C(=O)N(c3ccccc3C)C(=O)N(c3ccccc3C)C2=O)cc(I)c1OCc1ccc(Cl)cc1Cl. The van der Waals surface area contributed by atoms with Gasteiger partial charge in [-0.1, -0.05) is 65.7 Å². The Balaban J connectivity index is 1.58. The Hall–Kier alpha value is -3.86. The molecule has 4 amide bonds. The van der Waals surface area contributed by atoms with Crippen LogP contribution in [0.4, 0.5) is 16.2 Å². The number of carbonyl (C=O) groups is 3. The average molecular weight is 741 g/mol. The Kier molecular flexibility index (Phi) is 9.62. The molecule has 0 aliphatic carbocycles. The van der Waals surface area contributed by atoms with Crippen LogP contribution in [0.5, 0.6) is 11.5 Å². The number of rotatable bonds is 8. The molecule has 10 heteroatoms. The molecule has 0 spiro atoms. The predicted octanol–water partition coefficient (Wildman–Crippen LogP) is 8.78. The second-order valence-corrected chi connectivity index (χ2v) is 12.0. The van der Waals surface area contributed by atoms with Crippen LogP contribution in [0.1, 0.15) is 29.2 Å². The summed E-state index contributed by atoms with van der Waals surface area (Å²) in [5, 5.41) is 1.00. The standard InChI is InChI=1S/C34H27Cl2IN2O5/c1-4-43-30-17-22(16-27(37)31(30)44-19-23-13-14-24(35)18-26(23)36)15-25-32(40)38(28-11-7-5-9-20(28)2)34(42)39(33(25)41)29-12-8-6-10-21(29)3/h5-18H,4,19H2,1-3H3. The van der Waals surface area contributed by atoms with Gasteiger partial charge >= 0.3 is 6.03 Å². The van der Waals surface area contributed by atoms with Gasteiger partial charge in [-0.15, -0.1) is 0 Å². The minimum absolute atomic E-state index is 0.169. The Morgan fingerprint density at radius 3 is 1.93 bits per heavy atom. The van der Waals surface area contributed by atoms with Crippen molar-refractivity contribution in [2.45, 2.75) is 27.4 Å². The van der Waals surface area contributed by atoms with E-state index in [0.29, 0.717) is 59.8 Å². The molecule has 0 saturated carbocycles. The third kappa shape index (κ3) is 6.33. The van der Waals surface area contributed by atoms with Crippen molar-refractivity contribution < 1.29 is 23.9 Å². The van der Waals surface area contributed by atoms with Gasteiger partial charge in [-0.3, -0.25) is 9.59 Å². The number of halogens is 3. The lowest BCUT2D eigenvalue weighted by molar-refractivity contribution is -0.121. The molecule has 5 rings (SSSR count). The highest BCUT2D eigenvalue weighted by Gasteiger charge is 2.44. The second-order valence-electron chi connectivity index (χ2n) is 9.98. The highest BCUT2D eigenvalue weighted by molar-refractivity contribution is 14.1. The van der Waals surface area contributed by atoms with Crippen LogP contribution in [0.3, 0.4) is 0 Å². The number of anilines is 2. The molecule has 1 aliphatic heterocycles. The summed E-state index contributed by atoms with van der Waals surface area (Å²) in [6, 6.07) is 22.0. The Labute approximate surface area is 279 Å². The molecule has 4 aromatic carbocycles. The van der Waals surface area contributed by atoms with E-state index in [1.807, 2.05) is 19.1 Å². The first-order valence-electron chi connectivity index (χ1n) is 13.7. The summed E-state index contributed by atoms with van der Waals surface area (Å²) >= 11 is 14.5. The molecule has 0 bridgehead atoms. The Morgan fingerprint density at radius 2 is 1.39 bits per heavy atom. The zero-order chi connectivity index (χ0) is 31.5. The van der Waals surface area contributed by atoms with Gasteiger partial charge in [0.1, 0.15) is 12.2 Å². The lowest BCUT2D eigenvalue weighted by Crippen LogP contribution is -2.57. The van der Waals surface area contributed by atoms with Crippen LogP contribution in [-0.2, 0) is 16.2 Å². The van der Waals surface area contributed by atoms with Crippen molar-refractivity contribution in [2.24, 2.45) is 0 Å². The number of imide groups is 2. The summed E-state index contributed by atoms with van der Waals surface area (Å²) in [4.78, 5) is 43.9. The first-order chi connectivity index (χ1) is 21.1. The van der Waals surface area contributed by atoms with E-state index in [9.17, 15) is 14.4 Å². The van der Waals surface area contributed by atoms with E-state index in [4.69, 9.17) is 32.7 Å². The lowest BCUT2D eigenvalue weighted by Gasteiger charge is -2.35. The summed E-state index contributed by atoms with van der Waals surface area (Å²) in [7, 11) is 0. The van der Waals surface area contributed by atoms with Crippen molar-refractivity contribution >= 4 is 81.1 Å². The summed E-state index contributed by atoms with van der Waals surface area (Å²) in [6.45, 7) is 5.98. The van der Waals surface area contributed by atoms with Gasteiger partial charge in [0.05, 0.1) is 21.6 Å². The quantitative estimate of drug-likeness (QED) is 0.103. The van der Waals surface area contributed by atoms with E-state index >= 15 is 0 Å². The van der Waals surface area contributed by atoms with Gasteiger partial charge in [0.15, 0.2) is 11.5 Å². The number of benzene rings is 4. The number of hydrogen-bond acceptors (Lipinski definition) is 5. The number of aryl methyl sites for hydroxylation is 2. The van der Waals surface area contributed by atoms with Crippen molar-refractivity contribution in [3.05, 3.63) is 120 Å². The molecule has 4 aromatic rings. The number of ether oxygens (including phenoxy) is 2. The lowest BCUT2D eigenvalue weighted by atomic mass is 10.0. The maximum absolute atomic E-state index is 14.0. The molecule has 0 atom stereocenters. The molecule has 1 fully saturated rings. The maximum atomic E-state index is 14.0. The molecule has 0 radical (unpaired) electrons. The number of para-hydroxylation sites is 2. The molecule has 0 unspecified atom stereocenters. The van der Waals surface area contributed by atoms with Gasteiger partial charge in [-0.25, -0.2) is 14.6 Å². The van der Waals surface area contributed by atoms with Crippen molar-refractivity contribution in [2.75, 3.05) is 16.4 Å². The minimum Gasteiger partial charge on any atom is -0.490 e. The van der Waals surface area contributed by atoms with Crippen LogP contribution in [0.2, 0.25) is 10.0 Å². The Bertz CT molecular complexity index is 1750. The number of amides is 4. The molecule has 44 heavy (non-hydrogen) atoms. The van der Waals surface area contributed by atoms with Crippen LogP contribution in [-0.4, -0.2) is 24.5 Å². The van der Waals surface area contributed by atoms with Crippen LogP contribution in [0.25, 0.3) is 6.08 Å². The number of urea groups is 1. The average Bonchev–Trinajstić information content (AvgIpc) is 2.98. The van der Waals surface area contributed by atoms with Crippen molar-refractivity contribution in [3.8, 4) is 11.5 Å². The number of nitrogens with zero attached hydrogens (tertiary/aromatic N) is 2. The first-order valence-corrected chi connectivity index (χ1v) is 15.5. The molecule has 0 aromatic heterocycles. The first kappa shape index (κ1) is 31.6. The van der Waals surface area contributed by atoms with Gasteiger partial charge in [0.25, 0.3) is 11.8 Å². The largest absolute Gasteiger partial charge is 0.490 e. The normalized spacial score (nSPS) is 13.4. The third-order valence-electron chi connectivity index (χ3n) is 6.99. The second kappa shape index (κ2) is 13.4. The van der Waals surface area contributed by atoms with E-state index < -0.39 is 17.8 Å². The summed E-state index contributed by atoms with van der Waals surface area (Å²) in [6.07, 6.45) is 1.48. The molecular weight excluding hydrogens is 714 g/mol. The van der Waals surface area contributed by atoms with Gasteiger partial charge < -0.3 is 9.47 Å². The van der Waals surface area contributed by atoms with E-state index in [1.54, 1.807) is 80.6 Å². The van der Waals surface area contributed by atoms with Crippen LogP contribution >= 0.6 is 45.8 Å². The number of carbonyl (C=O) groups excluding carboxylic acids is 3. The van der Waals surface area contributed by atoms with Gasteiger partial charge in [0, 0.05) is 15.6 Å². The molecule has 224 valence electrons. The van der Waals surface area contributed by atoms with Crippen LogP contribution in [0, 0.1) is 17.4 Å². The fraction of sp³-hybridized carbons (Fsp3) is 0.147. The summed E-state index contributed by atoms with van der Waals surface area (Å²) < 4.78 is 12.7. The summed E-state index contributed by atoms with van der Waals surface area (Å²) in [5.74, 6) is -0.524. The zero-order valence-electron chi connectivity index (χ0n) is 24.1. The molecule has 1 heterocycles. The van der Waals surface area contributed by atoms with Gasteiger partial charge in [-0.2, -0.15) is 0 Å². The van der Waals surface area contributed by atoms with E-state index in [0.717, 1.165) is 15.4 Å². The fourth-order valence-corrected chi connectivity index (χ4v) is 6.06. The monoisotopic (exact) mass is 740 g/mol. The predicted molar refractivity (Wildman–Crippen MR) is 182 cm³/mol. The fourth-order valence-electron chi connectivity index (χ4n) is 4.81. The van der Waals surface area contributed by atoms with Gasteiger partial charge in [-0.05, 0) is 103 Å². The topological polar surface area (TPSA) is 76.2 Å². The van der Waals surface area contributed by atoms with E-state index in [1.165, 1.54) is 6.08 Å². The van der Waals surface area contributed by atoms with Crippen LogP contribution in [0.15, 0.2) is 84.4 Å². The third-order valence-corrected chi connectivity index (χ3v) is 8.38. The Morgan fingerprint density at radius 1 is 0.795 bits per heavy atom. The molecule has 1 saturated heterocycles. The molecular formula is C34H27Cl2IN2O5. The highest BCUT2D eigenvalue weighted by atomic mass is 127. The highest BCUT2D eigenvalue weighted by Crippen LogP contribution is 2.38. The van der Waals surface area contributed by atoms with Crippen molar-refractivity contribution in [3.63, 3.8) is 0 Å². The maximum Gasteiger partial charge on any atom is 0.343 e. The van der Waals surface area contributed by atoms with Crippen LogP contribution < -0.4 is 19.3 Å². The molecule has 0 N–H and O–H groups in total. The minimum atomic E-state index is -0.741. The van der Waals surface area contributed by atoms with E-state index in [-0.39, 0.29) is 12.2 Å². The molecule has 1 aliphatic rings. The summed E-state index contributed by atoms with van der Waals surface area (Å²) in [5.41, 5.74) is 3.32. The number of hydrogen-bond donors (Lipinski definition) is 0. The van der Waals surface area contributed by atoms with Crippen molar-refractivity contribution in [1.82, 2.24) is 0 Å². The van der Waals surface area contributed by atoms with Crippen molar-refractivity contribution in [1.29, 1.82) is 0 Å². The molecule has 7 nitrogen and oxygen atoms in total. The number of barbiturate groups is 1. The smallest absolute Gasteiger partial charge is 0.343 e.